The van der Waals surface area contributed by atoms with Gasteiger partial charge in [0.15, 0.2) is 0 Å². The van der Waals surface area contributed by atoms with Crippen LogP contribution in [0.25, 0.3) is 5.52 Å². The maximum absolute atomic E-state index is 9.54. The largest absolute Gasteiger partial charge is 0.387 e. The number of hydrogen-bond acceptors (Lipinski definition) is 3. The molecule has 14 heavy (non-hydrogen) atoms. The molecule has 4 nitrogen and oxygen atoms in total. The van der Waals surface area contributed by atoms with E-state index in [0.29, 0.717) is 0 Å². The molecule has 0 saturated carbocycles. The molecule has 0 aromatic carbocycles. The number of rotatable bonds is 2. The van der Waals surface area contributed by atoms with Crippen LogP contribution in [0.3, 0.4) is 0 Å². The summed E-state index contributed by atoms with van der Waals surface area (Å²) in [5.41, 5.74) is 7.19. The van der Waals surface area contributed by atoms with Gasteiger partial charge < -0.3 is 15.2 Å². The molecule has 2 rings (SSSR count). The van der Waals surface area contributed by atoms with Crippen molar-refractivity contribution in [2.75, 3.05) is 6.54 Å². The fourth-order valence-corrected chi connectivity index (χ4v) is 1.49. The van der Waals surface area contributed by atoms with Crippen molar-refractivity contribution in [3.8, 4) is 0 Å². The van der Waals surface area contributed by atoms with E-state index in [1.54, 1.807) is 6.20 Å². The Kier molecular flexibility index (Phi) is 2.23. The molecule has 3 N–H and O–H groups in total. The van der Waals surface area contributed by atoms with Crippen LogP contribution in [0, 0.1) is 6.92 Å². The standard InChI is InChI=1S/C10H13N3O/c1-7-12-6-9-4-8(10(14)5-11)2-3-13(7)9/h2-4,6,10,14H,5,11H2,1H3. The van der Waals surface area contributed by atoms with Crippen LogP contribution in [0.2, 0.25) is 0 Å². The fraction of sp³-hybridized carbons (Fsp3) is 0.300. The summed E-state index contributed by atoms with van der Waals surface area (Å²) in [6.07, 6.45) is 3.09. The normalized spacial score (nSPS) is 13.4. The molecular formula is C10H13N3O. The summed E-state index contributed by atoms with van der Waals surface area (Å²) in [5.74, 6) is 0.939. The van der Waals surface area contributed by atoms with Gasteiger partial charge in [0.2, 0.25) is 0 Å². The topological polar surface area (TPSA) is 63.5 Å². The van der Waals surface area contributed by atoms with E-state index >= 15 is 0 Å². The lowest BCUT2D eigenvalue weighted by atomic mass is 10.1. The highest BCUT2D eigenvalue weighted by molar-refractivity contribution is 5.48. The van der Waals surface area contributed by atoms with Crippen molar-refractivity contribution in [1.29, 1.82) is 0 Å². The molecule has 0 aliphatic heterocycles. The summed E-state index contributed by atoms with van der Waals surface area (Å²) in [6.45, 7) is 2.18. The predicted molar refractivity (Wildman–Crippen MR) is 53.9 cm³/mol. The van der Waals surface area contributed by atoms with Crippen molar-refractivity contribution < 1.29 is 5.11 Å². The first-order chi connectivity index (χ1) is 6.72. The van der Waals surface area contributed by atoms with Crippen molar-refractivity contribution in [2.24, 2.45) is 5.73 Å². The second-order valence-corrected chi connectivity index (χ2v) is 3.31. The van der Waals surface area contributed by atoms with Gasteiger partial charge in [-0.3, -0.25) is 0 Å². The molecule has 0 spiro atoms. The highest BCUT2D eigenvalue weighted by Gasteiger charge is 2.06. The first kappa shape index (κ1) is 9.18. The monoisotopic (exact) mass is 191 g/mol. The van der Waals surface area contributed by atoms with Gasteiger partial charge in [0.25, 0.3) is 0 Å². The summed E-state index contributed by atoms with van der Waals surface area (Å²) in [6, 6.07) is 3.76. The first-order valence-electron chi connectivity index (χ1n) is 4.54. The van der Waals surface area contributed by atoms with E-state index in [1.807, 2.05) is 29.7 Å². The Hall–Kier alpha value is -1.39. The number of fused-ring (bicyclic) bond motifs is 1. The quantitative estimate of drug-likeness (QED) is 0.732. The zero-order valence-electron chi connectivity index (χ0n) is 8.01. The summed E-state index contributed by atoms with van der Waals surface area (Å²) in [4.78, 5) is 4.17. The van der Waals surface area contributed by atoms with Gasteiger partial charge in [0.1, 0.15) is 5.82 Å². The van der Waals surface area contributed by atoms with Crippen molar-refractivity contribution in [3.05, 3.63) is 35.9 Å². The van der Waals surface area contributed by atoms with Crippen molar-refractivity contribution >= 4 is 5.52 Å². The zero-order chi connectivity index (χ0) is 10.1. The highest BCUT2D eigenvalue weighted by Crippen LogP contribution is 2.15. The average molecular weight is 191 g/mol. The van der Waals surface area contributed by atoms with Gasteiger partial charge in [-0.1, -0.05) is 0 Å². The first-order valence-corrected chi connectivity index (χ1v) is 4.54. The fourth-order valence-electron chi connectivity index (χ4n) is 1.49. The molecule has 0 amide bonds. The summed E-state index contributed by atoms with van der Waals surface area (Å²) in [7, 11) is 0. The van der Waals surface area contributed by atoms with E-state index in [1.165, 1.54) is 0 Å². The molecule has 0 aliphatic rings. The van der Waals surface area contributed by atoms with Crippen molar-refractivity contribution in [2.45, 2.75) is 13.0 Å². The van der Waals surface area contributed by atoms with Gasteiger partial charge in [-0.2, -0.15) is 0 Å². The minimum absolute atomic E-state index is 0.239. The Balaban J connectivity index is 2.52. The van der Waals surface area contributed by atoms with Gasteiger partial charge in [0.05, 0.1) is 17.8 Å². The van der Waals surface area contributed by atoms with Crippen LogP contribution in [-0.2, 0) is 0 Å². The third-order valence-electron chi connectivity index (χ3n) is 2.35. The van der Waals surface area contributed by atoms with Crippen LogP contribution >= 0.6 is 0 Å². The van der Waals surface area contributed by atoms with E-state index < -0.39 is 6.10 Å². The number of aryl methyl sites for hydroxylation is 1. The maximum Gasteiger partial charge on any atom is 0.110 e. The number of hydrogen-bond donors (Lipinski definition) is 2. The molecule has 0 aliphatic carbocycles. The third kappa shape index (κ3) is 1.38. The number of nitrogens with two attached hydrogens (primary N) is 1. The Morgan fingerprint density at radius 3 is 3.14 bits per heavy atom. The van der Waals surface area contributed by atoms with Crippen LogP contribution in [-0.4, -0.2) is 21.0 Å². The van der Waals surface area contributed by atoms with Crippen LogP contribution in [0.5, 0.6) is 0 Å². The number of nitrogens with zero attached hydrogens (tertiary/aromatic N) is 2. The molecule has 0 saturated heterocycles. The lowest BCUT2D eigenvalue weighted by Crippen LogP contribution is -2.11. The van der Waals surface area contributed by atoms with E-state index in [2.05, 4.69) is 4.98 Å². The van der Waals surface area contributed by atoms with Gasteiger partial charge in [0, 0.05) is 12.7 Å². The molecular weight excluding hydrogens is 178 g/mol. The molecule has 0 bridgehead atoms. The average Bonchev–Trinajstić information content (AvgIpc) is 2.59. The lowest BCUT2D eigenvalue weighted by molar-refractivity contribution is 0.187. The summed E-state index contributed by atoms with van der Waals surface area (Å²) in [5, 5.41) is 9.54. The van der Waals surface area contributed by atoms with Crippen LogP contribution < -0.4 is 5.73 Å². The third-order valence-corrected chi connectivity index (χ3v) is 2.35. The second-order valence-electron chi connectivity index (χ2n) is 3.31. The van der Waals surface area contributed by atoms with E-state index in [4.69, 9.17) is 5.73 Å². The summed E-state index contributed by atoms with van der Waals surface area (Å²) < 4.78 is 1.97. The molecule has 2 aromatic heterocycles. The second kappa shape index (κ2) is 3.40. The minimum Gasteiger partial charge on any atom is -0.387 e. The maximum atomic E-state index is 9.54. The Bertz CT molecular complexity index is 450. The lowest BCUT2D eigenvalue weighted by Gasteiger charge is -2.08. The number of aliphatic hydroxyl groups is 1. The molecule has 74 valence electrons. The number of imidazole rings is 1. The van der Waals surface area contributed by atoms with Crippen LogP contribution in [0.15, 0.2) is 24.5 Å². The SMILES string of the molecule is Cc1ncc2cc(C(O)CN)ccn12. The van der Waals surface area contributed by atoms with E-state index in [9.17, 15) is 5.11 Å². The highest BCUT2D eigenvalue weighted by atomic mass is 16.3. The number of aliphatic hydroxyl groups excluding tert-OH is 1. The van der Waals surface area contributed by atoms with E-state index in [-0.39, 0.29) is 6.54 Å². The molecule has 4 heteroatoms. The minimum atomic E-state index is -0.588. The van der Waals surface area contributed by atoms with Gasteiger partial charge in [-0.05, 0) is 24.6 Å². The molecule has 0 fully saturated rings. The molecule has 0 radical (unpaired) electrons. The Morgan fingerprint density at radius 2 is 2.43 bits per heavy atom. The van der Waals surface area contributed by atoms with Crippen molar-refractivity contribution in [1.82, 2.24) is 9.38 Å². The van der Waals surface area contributed by atoms with Gasteiger partial charge >= 0.3 is 0 Å². The van der Waals surface area contributed by atoms with Crippen molar-refractivity contribution in [3.63, 3.8) is 0 Å². The smallest absolute Gasteiger partial charge is 0.110 e. The Morgan fingerprint density at radius 1 is 1.64 bits per heavy atom. The molecule has 1 atom stereocenters. The summed E-state index contributed by atoms with van der Waals surface area (Å²) >= 11 is 0. The van der Waals surface area contributed by atoms with Gasteiger partial charge in [-0.25, -0.2) is 4.98 Å². The predicted octanol–water partition coefficient (Wildman–Crippen LogP) is 0.635. The zero-order valence-corrected chi connectivity index (χ0v) is 8.01. The van der Waals surface area contributed by atoms with Crippen LogP contribution in [0.4, 0.5) is 0 Å². The molecule has 1 unspecified atom stereocenters. The number of pyridine rings is 1. The molecule has 2 aromatic rings. The number of aromatic nitrogens is 2. The Labute approximate surface area is 82.0 Å². The molecule has 2 heterocycles. The van der Waals surface area contributed by atoms with Crippen LogP contribution in [0.1, 0.15) is 17.5 Å². The van der Waals surface area contributed by atoms with Gasteiger partial charge in [-0.15, -0.1) is 0 Å². The van der Waals surface area contributed by atoms with E-state index in [0.717, 1.165) is 16.9 Å².